The van der Waals surface area contributed by atoms with Crippen molar-refractivity contribution in [3.05, 3.63) is 65.9 Å². The third-order valence-corrected chi connectivity index (χ3v) is 10.4. The van der Waals surface area contributed by atoms with Crippen LogP contribution in [0.4, 0.5) is 0 Å². The van der Waals surface area contributed by atoms with Crippen molar-refractivity contribution in [1.82, 2.24) is 42.2 Å². The van der Waals surface area contributed by atoms with Crippen molar-refractivity contribution in [2.75, 3.05) is 13.1 Å². The molecule has 17 nitrogen and oxygen atoms in total. The zero-order chi connectivity index (χ0) is 44.1. The molecule has 1 saturated heterocycles. The fourth-order valence-corrected chi connectivity index (χ4v) is 7.08. The van der Waals surface area contributed by atoms with Gasteiger partial charge in [-0.05, 0) is 72.9 Å². The van der Waals surface area contributed by atoms with Gasteiger partial charge in [-0.2, -0.15) is 0 Å². The van der Waals surface area contributed by atoms with Crippen LogP contribution in [-0.4, -0.2) is 106 Å². The van der Waals surface area contributed by atoms with Crippen molar-refractivity contribution < 1.29 is 43.8 Å². The third-order valence-electron chi connectivity index (χ3n) is 10.4. The minimum Gasteiger partial charge on any atom is -0.508 e. The topological polar surface area (TPSA) is 260 Å². The molecule has 10 N–H and O–H groups in total. The van der Waals surface area contributed by atoms with Crippen molar-refractivity contribution in [2.45, 2.75) is 110 Å². The van der Waals surface area contributed by atoms with E-state index in [4.69, 9.17) is 5.11 Å². The van der Waals surface area contributed by atoms with Crippen molar-refractivity contribution in [3.8, 4) is 5.75 Å². The lowest BCUT2D eigenvalue weighted by Gasteiger charge is -2.30. The van der Waals surface area contributed by atoms with Crippen molar-refractivity contribution in [3.63, 3.8) is 0 Å². The number of fused-ring (bicyclic) bond motifs is 1. The van der Waals surface area contributed by atoms with Crippen LogP contribution in [0.25, 0.3) is 10.9 Å². The first-order chi connectivity index (χ1) is 28.4. The summed E-state index contributed by atoms with van der Waals surface area (Å²) in [5.41, 5.74) is 2.18. The van der Waals surface area contributed by atoms with Crippen LogP contribution in [0.1, 0.15) is 71.9 Å². The number of carboxylic acid groups (broad SMARTS) is 1. The molecule has 326 valence electrons. The molecule has 0 aliphatic carbocycles. The summed E-state index contributed by atoms with van der Waals surface area (Å²) in [5, 5.41) is 39.1. The van der Waals surface area contributed by atoms with Crippen LogP contribution in [0.3, 0.4) is 0 Å². The number of carbonyl (C=O) groups is 7. The van der Waals surface area contributed by atoms with E-state index < -0.39 is 90.1 Å². The standard InChI is InChI=1S/C43H60N8O9/c1-23(2)18-32(38(55)46-22-35(53)54)49-42(59)36(24(3)4)51-43(60)37(25(5)6)50-41(58)34(20-27-21-45-30-11-8-7-10-29(27)30)48-40(57)33(19-26-13-15-28(52)16-14-26)47-39(56)31-12-9-17-44-31/h7-8,10-11,13-16,21,23-25,31-34,36-37,44-45,52H,9,12,17-20,22H2,1-6H3,(H,46,55)(H,47,56)(H,48,57)(H,49,59)(H,50,58)(H,51,60)(H,53,54)/t31-,32-,33-,34-,36-,37-/m0/s1. The van der Waals surface area contributed by atoms with Gasteiger partial charge >= 0.3 is 5.97 Å². The normalized spacial score (nSPS) is 16.4. The lowest BCUT2D eigenvalue weighted by molar-refractivity contribution is -0.139. The van der Waals surface area contributed by atoms with Crippen molar-refractivity contribution >= 4 is 52.3 Å². The summed E-state index contributed by atoms with van der Waals surface area (Å²) >= 11 is 0. The van der Waals surface area contributed by atoms with E-state index in [0.29, 0.717) is 24.1 Å². The lowest BCUT2D eigenvalue weighted by atomic mass is 9.97. The molecule has 6 atom stereocenters. The van der Waals surface area contributed by atoms with Gasteiger partial charge in [-0.1, -0.05) is 71.9 Å². The minimum atomic E-state index is -1.24. The molecule has 0 saturated carbocycles. The molecule has 0 bridgehead atoms. The summed E-state index contributed by atoms with van der Waals surface area (Å²) < 4.78 is 0. The molecular formula is C43H60N8O9. The quantitative estimate of drug-likeness (QED) is 0.0738. The Morgan fingerprint density at radius 3 is 1.88 bits per heavy atom. The van der Waals surface area contributed by atoms with Gasteiger partial charge in [0, 0.05) is 29.9 Å². The number of hydrogen-bond acceptors (Lipinski definition) is 9. The number of nitrogens with one attached hydrogen (secondary N) is 8. The molecule has 4 rings (SSSR count). The van der Waals surface area contributed by atoms with Gasteiger partial charge in [-0.15, -0.1) is 0 Å². The fraction of sp³-hybridized carbons (Fsp3) is 0.512. The Labute approximate surface area is 350 Å². The number of benzene rings is 2. The highest BCUT2D eigenvalue weighted by Gasteiger charge is 2.36. The number of hydrogen-bond donors (Lipinski definition) is 10. The molecule has 3 aromatic rings. The van der Waals surface area contributed by atoms with Gasteiger partial charge in [-0.3, -0.25) is 33.6 Å². The predicted molar refractivity (Wildman–Crippen MR) is 224 cm³/mol. The van der Waals surface area contributed by atoms with E-state index in [9.17, 15) is 38.7 Å². The minimum absolute atomic E-state index is 0.0102. The van der Waals surface area contributed by atoms with Crippen LogP contribution in [0, 0.1) is 17.8 Å². The third kappa shape index (κ3) is 13.5. The average molecular weight is 833 g/mol. The first kappa shape index (κ1) is 46.7. The summed E-state index contributed by atoms with van der Waals surface area (Å²) in [6.07, 6.45) is 3.42. The summed E-state index contributed by atoms with van der Waals surface area (Å²) in [6, 6.07) is 7.48. The van der Waals surface area contributed by atoms with E-state index in [2.05, 4.69) is 42.2 Å². The molecule has 2 aromatic carbocycles. The van der Waals surface area contributed by atoms with Gasteiger partial charge in [0.1, 0.15) is 42.5 Å². The molecule has 1 aliphatic heterocycles. The molecule has 0 spiro atoms. The number of amides is 6. The Morgan fingerprint density at radius 1 is 0.700 bits per heavy atom. The Balaban J connectivity index is 1.58. The highest BCUT2D eigenvalue weighted by atomic mass is 16.4. The number of aliphatic carboxylic acids is 1. The zero-order valence-electron chi connectivity index (χ0n) is 35.1. The maximum absolute atomic E-state index is 14.4. The smallest absolute Gasteiger partial charge is 0.322 e. The second-order valence-corrected chi connectivity index (χ2v) is 16.5. The van der Waals surface area contributed by atoms with E-state index >= 15 is 0 Å². The van der Waals surface area contributed by atoms with E-state index in [1.54, 1.807) is 46.0 Å². The number of H-pyrrole nitrogens is 1. The van der Waals surface area contributed by atoms with Gasteiger partial charge in [0.2, 0.25) is 35.4 Å². The van der Waals surface area contributed by atoms with Gasteiger partial charge in [-0.25, -0.2) is 0 Å². The Bertz CT molecular complexity index is 1970. The second-order valence-electron chi connectivity index (χ2n) is 16.5. The Morgan fingerprint density at radius 2 is 1.28 bits per heavy atom. The molecule has 1 aromatic heterocycles. The van der Waals surface area contributed by atoms with Crippen molar-refractivity contribution in [1.29, 1.82) is 0 Å². The summed E-state index contributed by atoms with van der Waals surface area (Å²) in [6.45, 7) is 10.6. The number of rotatable bonds is 21. The van der Waals surface area contributed by atoms with Gasteiger partial charge in [0.25, 0.3) is 0 Å². The summed E-state index contributed by atoms with van der Waals surface area (Å²) in [5.74, 6) is -5.92. The highest BCUT2D eigenvalue weighted by Crippen LogP contribution is 2.20. The SMILES string of the molecule is CC(C)C[C@H](NC(=O)[C@@H](NC(=O)[C@@H](NC(=O)[C@H](Cc1c[nH]c2ccccc12)NC(=O)[C@H](Cc1ccc(O)cc1)NC(=O)[C@@H]1CCCN1)C(C)C)C(C)C)C(=O)NCC(=O)O. The molecule has 6 amide bonds. The molecule has 2 heterocycles. The molecule has 1 fully saturated rings. The predicted octanol–water partition coefficient (Wildman–Crippen LogP) is 1.39. The molecular weight excluding hydrogens is 773 g/mol. The van der Waals surface area contributed by atoms with Crippen LogP contribution in [0.15, 0.2) is 54.7 Å². The Hall–Kier alpha value is -5.97. The first-order valence-electron chi connectivity index (χ1n) is 20.5. The van der Waals surface area contributed by atoms with Gasteiger partial charge < -0.3 is 52.4 Å². The van der Waals surface area contributed by atoms with Crippen LogP contribution >= 0.6 is 0 Å². The number of phenolic OH excluding ortho intramolecular Hbond substituents is 1. The maximum Gasteiger partial charge on any atom is 0.322 e. The largest absolute Gasteiger partial charge is 0.508 e. The average Bonchev–Trinajstić information content (AvgIpc) is 3.88. The Kier molecular flexibility index (Phi) is 17.0. The molecule has 0 radical (unpaired) electrons. The summed E-state index contributed by atoms with van der Waals surface area (Å²) in [4.78, 5) is 96.7. The zero-order valence-corrected chi connectivity index (χ0v) is 35.1. The van der Waals surface area contributed by atoms with E-state index in [0.717, 1.165) is 17.3 Å². The van der Waals surface area contributed by atoms with E-state index in [1.165, 1.54) is 12.1 Å². The number of aromatic hydroxyl groups is 1. The number of aromatic amines is 1. The van der Waals surface area contributed by atoms with E-state index in [1.807, 2.05) is 38.1 Å². The molecule has 0 unspecified atom stereocenters. The van der Waals surface area contributed by atoms with Crippen LogP contribution in [-0.2, 0) is 46.4 Å². The number of aromatic nitrogens is 1. The van der Waals surface area contributed by atoms with Gasteiger partial charge in [0.05, 0.1) is 6.04 Å². The highest BCUT2D eigenvalue weighted by molar-refractivity contribution is 5.97. The van der Waals surface area contributed by atoms with Crippen molar-refractivity contribution in [2.24, 2.45) is 17.8 Å². The second kappa shape index (κ2) is 21.9. The lowest BCUT2D eigenvalue weighted by Crippen LogP contribution is -2.61. The van der Waals surface area contributed by atoms with E-state index in [-0.39, 0.29) is 36.8 Å². The van der Waals surface area contributed by atoms with Crippen LogP contribution in [0.5, 0.6) is 5.75 Å². The molecule has 17 heteroatoms. The van der Waals surface area contributed by atoms with Crippen LogP contribution < -0.4 is 37.2 Å². The molecule has 60 heavy (non-hydrogen) atoms. The maximum atomic E-state index is 14.4. The fourth-order valence-electron chi connectivity index (χ4n) is 7.08. The number of carboxylic acids is 1. The number of carbonyl (C=O) groups excluding carboxylic acids is 6. The van der Waals surface area contributed by atoms with Crippen LogP contribution in [0.2, 0.25) is 0 Å². The van der Waals surface area contributed by atoms with Gasteiger partial charge in [0.15, 0.2) is 0 Å². The monoisotopic (exact) mass is 832 g/mol. The number of para-hydroxylation sites is 1. The number of phenols is 1. The molecule has 1 aliphatic rings. The summed E-state index contributed by atoms with van der Waals surface area (Å²) in [7, 11) is 0. The first-order valence-corrected chi connectivity index (χ1v) is 20.5.